The summed E-state index contributed by atoms with van der Waals surface area (Å²) in [6.45, 7) is 3.18. The molecule has 0 aliphatic carbocycles. The largest absolute Gasteiger partial charge is 0.469 e. The third kappa shape index (κ3) is 6.02. The molecule has 0 aliphatic rings. The molecule has 0 aromatic heterocycles. The van der Waals surface area contributed by atoms with E-state index in [1.807, 2.05) is 0 Å². The number of rotatable bonds is 4. The van der Waals surface area contributed by atoms with Gasteiger partial charge in [-0.2, -0.15) is 13.2 Å². The lowest BCUT2D eigenvalue weighted by atomic mass is 9.84. The van der Waals surface area contributed by atoms with Crippen LogP contribution in [0.3, 0.4) is 0 Å². The van der Waals surface area contributed by atoms with E-state index < -0.39 is 28.8 Å². The SMILES string of the molecule is COC(=O)CC(C)(C)C(Br)CC(F)(F)F. The number of hydrogen-bond donors (Lipinski definition) is 0. The lowest BCUT2D eigenvalue weighted by molar-refractivity contribution is -0.147. The first-order valence-electron chi connectivity index (χ1n) is 4.36. The van der Waals surface area contributed by atoms with Gasteiger partial charge in [-0.15, -0.1) is 0 Å². The van der Waals surface area contributed by atoms with E-state index in [2.05, 4.69) is 20.7 Å². The first-order chi connectivity index (χ1) is 6.58. The maximum absolute atomic E-state index is 12.1. The summed E-state index contributed by atoms with van der Waals surface area (Å²) >= 11 is 2.97. The molecular weight excluding hydrogens is 277 g/mol. The van der Waals surface area contributed by atoms with E-state index in [0.717, 1.165) is 0 Å². The van der Waals surface area contributed by atoms with Crippen molar-refractivity contribution in [2.45, 2.75) is 37.7 Å². The average molecular weight is 291 g/mol. The predicted octanol–water partition coefficient (Wildman–Crippen LogP) is 3.29. The van der Waals surface area contributed by atoms with E-state index in [1.165, 1.54) is 7.11 Å². The molecule has 1 atom stereocenters. The first-order valence-corrected chi connectivity index (χ1v) is 5.27. The molecule has 0 saturated carbocycles. The van der Waals surface area contributed by atoms with Crippen molar-refractivity contribution >= 4 is 21.9 Å². The second kappa shape index (κ2) is 5.18. The highest BCUT2D eigenvalue weighted by Gasteiger charge is 2.39. The van der Waals surface area contributed by atoms with Crippen molar-refractivity contribution in [3.05, 3.63) is 0 Å². The number of hydrogen-bond acceptors (Lipinski definition) is 2. The molecule has 15 heavy (non-hydrogen) atoms. The Morgan fingerprint density at radius 1 is 1.40 bits per heavy atom. The van der Waals surface area contributed by atoms with Gasteiger partial charge in [0, 0.05) is 4.83 Å². The maximum Gasteiger partial charge on any atom is 0.390 e. The van der Waals surface area contributed by atoms with Gasteiger partial charge in [0.15, 0.2) is 0 Å². The summed E-state index contributed by atoms with van der Waals surface area (Å²) in [4.78, 5) is 10.2. The monoisotopic (exact) mass is 290 g/mol. The Labute approximate surface area is 95.3 Å². The molecule has 90 valence electrons. The van der Waals surface area contributed by atoms with Crippen LogP contribution in [0.2, 0.25) is 0 Å². The molecule has 0 aromatic carbocycles. The topological polar surface area (TPSA) is 26.3 Å². The first kappa shape index (κ1) is 14.7. The average Bonchev–Trinajstić information content (AvgIpc) is 2.00. The van der Waals surface area contributed by atoms with Crippen molar-refractivity contribution in [1.82, 2.24) is 0 Å². The summed E-state index contributed by atoms with van der Waals surface area (Å²) < 4.78 is 40.8. The predicted molar refractivity (Wildman–Crippen MR) is 53.8 cm³/mol. The van der Waals surface area contributed by atoms with Crippen molar-refractivity contribution in [1.29, 1.82) is 0 Å². The van der Waals surface area contributed by atoms with Crippen LogP contribution in [0.5, 0.6) is 0 Å². The van der Waals surface area contributed by atoms with Gasteiger partial charge in [-0.05, 0) is 5.41 Å². The minimum atomic E-state index is -4.23. The number of halogens is 4. The standard InChI is InChI=1S/C9H14BrF3O2/c1-8(2,5-7(14)15-3)6(10)4-9(11,12)13/h6H,4-5H2,1-3H3. The molecule has 0 amide bonds. The highest BCUT2D eigenvalue weighted by atomic mass is 79.9. The van der Waals surface area contributed by atoms with E-state index in [4.69, 9.17) is 0 Å². The van der Waals surface area contributed by atoms with Crippen molar-refractivity contribution in [3.8, 4) is 0 Å². The van der Waals surface area contributed by atoms with Crippen molar-refractivity contribution in [2.75, 3.05) is 7.11 Å². The lowest BCUT2D eigenvalue weighted by Gasteiger charge is -2.29. The van der Waals surface area contributed by atoms with E-state index in [0.29, 0.717) is 0 Å². The Morgan fingerprint density at radius 2 is 1.87 bits per heavy atom. The van der Waals surface area contributed by atoms with Gasteiger partial charge in [-0.3, -0.25) is 4.79 Å². The molecule has 0 heterocycles. The zero-order valence-corrected chi connectivity index (χ0v) is 10.4. The van der Waals surface area contributed by atoms with Crippen molar-refractivity contribution < 1.29 is 22.7 Å². The number of carbonyl (C=O) groups excluding carboxylic acids is 1. The minimum absolute atomic E-state index is 0.0461. The fourth-order valence-corrected chi connectivity index (χ4v) is 1.56. The van der Waals surface area contributed by atoms with E-state index in [-0.39, 0.29) is 6.42 Å². The lowest BCUT2D eigenvalue weighted by Crippen LogP contribution is -2.31. The normalized spacial score (nSPS) is 14.9. The van der Waals surface area contributed by atoms with Crippen LogP contribution in [0.15, 0.2) is 0 Å². The third-order valence-electron chi connectivity index (χ3n) is 2.09. The van der Waals surface area contributed by atoms with Gasteiger partial charge in [-0.1, -0.05) is 29.8 Å². The molecule has 0 spiro atoms. The molecule has 2 nitrogen and oxygen atoms in total. The smallest absolute Gasteiger partial charge is 0.390 e. The van der Waals surface area contributed by atoms with Gasteiger partial charge in [0.05, 0.1) is 20.0 Å². The van der Waals surface area contributed by atoms with Crippen LogP contribution in [-0.4, -0.2) is 24.1 Å². The number of ether oxygens (including phenoxy) is 1. The zero-order valence-electron chi connectivity index (χ0n) is 8.82. The van der Waals surface area contributed by atoms with E-state index in [1.54, 1.807) is 13.8 Å². The van der Waals surface area contributed by atoms with Gasteiger partial charge < -0.3 is 4.74 Å². The minimum Gasteiger partial charge on any atom is -0.469 e. The van der Waals surface area contributed by atoms with Crippen LogP contribution in [-0.2, 0) is 9.53 Å². The molecule has 0 N–H and O–H groups in total. The van der Waals surface area contributed by atoms with Crippen LogP contribution in [0, 0.1) is 5.41 Å². The van der Waals surface area contributed by atoms with Crippen LogP contribution < -0.4 is 0 Å². The van der Waals surface area contributed by atoms with E-state index >= 15 is 0 Å². The summed E-state index contributed by atoms with van der Waals surface area (Å²) in [5.41, 5.74) is -0.789. The quantitative estimate of drug-likeness (QED) is 0.587. The molecule has 0 fully saturated rings. The molecule has 1 unspecified atom stereocenters. The van der Waals surface area contributed by atoms with Crippen molar-refractivity contribution in [2.24, 2.45) is 5.41 Å². The fraction of sp³-hybridized carbons (Fsp3) is 0.889. The Kier molecular flexibility index (Phi) is 5.09. The van der Waals surface area contributed by atoms with Crippen molar-refractivity contribution in [3.63, 3.8) is 0 Å². The zero-order chi connectivity index (χ0) is 12.3. The summed E-state index contributed by atoms with van der Waals surface area (Å²) in [6, 6.07) is 0. The molecule has 0 radical (unpaired) electrons. The number of carbonyl (C=O) groups is 1. The van der Waals surface area contributed by atoms with Crippen LogP contribution in [0.25, 0.3) is 0 Å². The Bertz CT molecular complexity index is 226. The second-order valence-electron chi connectivity index (χ2n) is 4.03. The van der Waals surface area contributed by atoms with E-state index in [9.17, 15) is 18.0 Å². The molecule has 0 saturated heterocycles. The highest BCUT2D eigenvalue weighted by Crippen LogP contribution is 2.38. The fourth-order valence-electron chi connectivity index (χ4n) is 1.03. The second-order valence-corrected chi connectivity index (χ2v) is 5.13. The number of esters is 1. The van der Waals surface area contributed by atoms with Crippen LogP contribution in [0.1, 0.15) is 26.7 Å². The Morgan fingerprint density at radius 3 is 2.20 bits per heavy atom. The molecular formula is C9H14BrF3O2. The van der Waals surface area contributed by atoms with Gasteiger partial charge in [0.1, 0.15) is 0 Å². The molecule has 0 aliphatic heterocycles. The Balaban J connectivity index is 4.38. The van der Waals surface area contributed by atoms with Crippen LogP contribution in [0.4, 0.5) is 13.2 Å². The highest BCUT2D eigenvalue weighted by molar-refractivity contribution is 9.09. The summed E-state index contributed by atoms with van der Waals surface area (Å²) in [5.74, 6) is -0.508. The maximum atomic E-state index is 12.1. The summed E-state index contributed by atoms with van der Waals surface area (Å²) in [5, 5.41) is 0. The van der Waals surface area contributed by atoms with Gasteiger partial charge in [0.2, 0.25) is 0 Å². The molecule has 0 aromatic rings. The Hall–Kier alpha value is -0.260. The number of alkyl halides is 4. The van der Waals surface area contributed by atoms with Gasteiger partial charge in [-0.25, -0.2) is 0 Å². The van der Waals surface area contributed by atoms with Gasteiger partial charge in [0.25, 0.3) is 0 Å². The molecule has 0 rings (SSSR count). The third-order valence-corrected chi connectivity index (χ3v) is 3.65. The van der Waals surface area contributed by atoms with Crippen LogP contribution >= 0.6 is 15.9 Å². The van der Waals surface area contributed by atoms with Gasteiger partial charge >= 0.3 is 12.1 Å². The molecule has 0 bridgehead atoms. The summed E-state index contributed by atoms with van der Waals surface area (Å²) in [6.07, 6.45) is -5.24. The molecule has 6 heteroatoms. The number of methoxy groups -OCH3 is 1. The summed E-state index contributed by atoms with van der Waals surface area (Å²) in [7, 11) is 1.21.